The van der Waals surface area contributed by atoms with Crippen molar-refractivity contribution in [2.45, 2.75) is 26.4 Å². The summed E-state index contributed by atoms with van der Waals surface area (Å²) in [7, 11) is 0. The Balaban J connectivity index is 0.00000392. The van der Waals surface area contributed by atoms with Gasteiger partial charge in [-0.2, -0.15) is 0 Å². The first-order chi connectivity index (χ1) is 12.8. The topological polar surface area (TPSA) is 68.9 Å². The summed E-state index contributed by atoms with van der Waals surface area (Å²) in [5.74, 6) is -0.475. The number of nitrogens with zero attached hydrogens (tertiary/aromatic N) is 1. The first kappa shape index (κ1) is 23.8. The lowest BCUT2D eigenvalue weighted by molar-refractivity contribution is -0.274. The van der Waals surface area contributed by atoms with Gasteiger partial charge < -0.3 is 20.5 Å². The van der Waals surface area contributed by atoms with Crippen molar-refractivity contribution in [1.82, 2.24) is 5.32 Å². The van der Waals surface area contributed by atoms with Crippen molar-refractivity contribution in [3.05, 3.63) is 59.4 Å². The van der Waals surface area contributed by atoms with Crippen LogP contribution in [-0.4, -0.2) is 18.9 Å². The second-order valence-electron chi connectivity index (χ2n) is 5.44. The number of ether oxygens (including phenoxy) is 2. The van der Waals surface area contributed by atoms with Crippen molar-refractivity contribution in [3.63, 3.8) is 0 Å². The predicted molar refractivity (Wildman–Crippen MR) is 108 cm³/mol. The molecule has 0 amide bonds. The van der Waals surface area contributed by atoms with Crippen molar-refractivity contribution < 1.29 is 27.0 Å². The zero-order valence-corrected chi connectivity index (χ0v) is 17.3. The number of aliphatic imine (C=N–C) groups is 1. The van der Waals surface area contributed by atoms with Crippen LogP contribution in [0.1, 0.15) is 18.1 Å². The number of hydrogen-bond donors (Lipinski definition) is 2. The Morgan fingerprint density at radius 2 is 1.75 bits per heavy atom. The molecule has 0 heterocycles. The van der Waals surface area contributed by atoms with Crippen molar-refractivity contribution in [3.8, 4) is 11.5 Å². The second-order valence-corrected chi connectivity index (χ2v) is 5.44. The maximum absolute atomic E-state index is 13.8. The molecule has 0 saturated carbocycles. The number of halogens is 5. The van der Waals surface area contributed by atoms with Crippen LogP contribution in [0.3, 0.4) is 0 Å². The summed E-state index contributed by atoms with van der Waals surface area (Å²) in [4.78, 5) is 4.09. The highest BCUT2D eigenvalue weighted by Crippen LogP contribution is 2.22. The lowest BCUT2D eigenvalue weighted by atomic mass is 10.2. The highest BCUT2D eigenvalue weighted by Gasteiger charge is 2.30. The number of nitrogens with one attached hydrogen (secondary N) is 1. The van der Waals surface area contributed by atoms with E-state index in [-0.39, 0.29) is 54.5 Å². The van der Waals surface area contributed by atoms with E-state index in [1.54, 1.807) is 13.0 Å². The van der Waals surface area contributed by atoms with Gasteiger partial charge in [0.05, 0.1) is 13.2 Å². The summed E-state index contributed by atoms with van der Waals surface area (Å²) in [5, 5.41) is 2.83. The zero-order valence-electron chi connectivity index (χ0n) is 14.9. The van der Waals surface area contributed by atoms with Crippen LogP contribution >= 0.6 is 24.0 Å². The second kappa shape index (κ2) is 10.9. The lowest BCUT2D eigenvalue weighted by Crippen LogP contribution is -2.31. The fraction of sp³-hybridized carbons (Fsp3) is 0.278. The largest absolute Gasteiger partial charge is 0.573 e. The van der Waals surface area contributed by atoms with Gasteiger partial charge in [0.1, 0.15) is 5.75 Å². The molecule has 10 heteroatoms. The van der Waals surface area contributed by atoms with Crippen molar-refractivity contribution in [2.75, 3.05) is 6.61 Å². The van der Waals surface area contributed by atoms with Gasteiger partial charge in [-0.3, -0.25) is 0 Å². The van der Waals surface area contributed by atoms with Crippen LogP contribution in [0.4, 0.5) is 17.6 Å². The van der Waals surface area contributed by atoms with Crippen LogP contribution in [0.15, 0.2) is 47.5 Å². The summed E-state index contributed by atoms with van der Waals surface area (Å²) >= 11 is 0. The normalized spacial score (nSPS) is 11.5. The highest BCUT2D eigenvalue weighted by molar-refractivity contribution is 14.0. The fourth-order valence-corrected chi connectivity index (χ4v) is 2.15. The molecule has 0 aromatic heterocycles. The molecule has 0 fully saturated rings. The van der Waals surface area contributed by atoms with Crippen molar-refractivity contribution >= 4 is 29.9 Å². The van der Waals surface area contributed by atoms with E-state index in [4.69, 9.17) is 10.5 Å². The summed E-state index contributed by atoms with van der Waals surface area (Å²) < 4.78 is 59.0. The van der Waals surface area contributed by atoms with E-state index in [2.05, 4.69) is 15.0 Å². The van der Waals surface area contributed by atoms with E-state index < -0.39 is 12.2 Å². The van der Waals surface area contributed by atoms with Crippen LogP contribution in [-0.2, 0) is 13.1 Å². The molecule has 0 saturated heterocycles. The first-order valence-corrected chi connectivity index (χ1v) is 8.06. The van der Waals surface area contributed by atoms with Gasteiger partial charge in [-0.1, -0.05) is 18.2 Å². The number of nitrogens with two attached hydrogens (primary N) is 1. The summed E-state index contributed by atoms with van der Waals surface area (Å²) in [6.45, 7) is 2.56. The molecule has 28 heavy (non-hydrogen) atoms. The first-order valence-electron chi connectivity index (χ1n) is 8.06. The van der Waals surface area contributed by atoms with Crippen LogP contribution < -0.4 is 20.5 Å². The summed E-state index contributed by atoms with van der Waals surface area (Å²) in [6, 6.07) is 9.90. The number of benzene rings is 2. The molecule has 3 N–H and O–H groups in total. The molecule has 2 aromatic carbocycles. The number of guanidine groups is 1. The average molecular weight is 513 g/mol. The lowest BCUT2D eigenvalue weighted by Gasteiger charge is -2.10. The molecule has 0 unspecified atom stereocenters. The molecule has 5 nitrogen and oxygen atoms in total. The van der Waals surface area contributed by atoms with Gasteiger partial charge in [0.25, 0.3) is 0 Å². The maximum atomic E-state index is 13.8. The fourth-order valence-electron chi connectivity index (χ4n) is 2.15. The molecule has 154 valence electrons. The van der Waals surface area contributed by atoms with Gasteiger partial charge in [0.2, 0.25) is 0 Å². The summed E-state index contributed by atoms with van der Waals surface area (Å²) in [5.41, 5.74) is 7.05. The Kier molecular flexibility index (Phi) is 9.29. The molecule has 2 aromatic rings. The monoisotopic (exact) mass is 513 g/mol. The highest BCUT2D eigenvalue weighted by atomic mass is 127. The molecule has 0 aliphatic heterocycles. The van der Waals surface area contributed by atoms with Crippen molar-refractivity contribution in [2.24, 2.45) is 10.7 Å². The van der Waals surface area contributed by atoms with Gasteiger partial charge in [0, 0.05) is 6.54 Å². The number of rotatable bonds is 7. The minimum Gasteiger partial charge on any atom is -0.491 e. The molecule has 0 radical (unpaired) electrons. The molecular weight excluding hydrogens is 493 g/mol. The third kappa shape index (κ3) is 8.19. The van der Waals surface area contributed by atoms with E-state index in [0.29, 0.717) is 17.7 Å². The number of alkyl halides is 3. The van der Waals surface area contributed by atoms with E-state index in [1.807, 2.05) is 0 Å². The molecule has 0 bridgehead atoms. The molecule has 0 aliphatic carbocycles. The Bertz CT molecular complexity index is 783. The minimum atomic E-state index is -4.73. The smallest absolute Gasteiger partial charge is 0.491 e. The van der Waals surface area contributed by atoms with Gasteiger partial charge in [-0.15, -0.1) is 37.1 Å². The van der Waals surface area contributed by atoms with E-state index in [9.17, 15) is 17.6 Å². The van der Waals surface area contributed by atoms with E-state index >= 15 is 0 Å². The van der Waals surface area contributed by atoms with E-state index in [0.717, 1.165) is 0 Å². The standard InChI is InChI=1S/C18H19F4N3O2.HI/c1-2-26-16-8-5-13(9-15(16)19)11-25-17(23)24-10-12-3-6-14(7-4-12)27-18(20,21)22;/h3-9H,2,10-11H2,1H3,(H3,23,24,25);1H. The Hall–Kier alpha value is -2.24. The molecule has 0 atom stereocenters. The van der Waals surface area contributed by atoms with Crippen molar-refractivity contribution in [1.29, 1.82) is 0 Å². The maximum Gasteiger partial charge on any atom is 0.573 e. The zero-order chi connectivity index (χ0) is 19.9. The molecular formula is C18H20F4IN3O2. The Morgan fingerprint density at radius 1 is 1.11 bits per heavy atom. The Labute approximate surface area is 176 Å². The van der Waals surface area contributed by atoms with Gasteiger partial charge in [-0.05, 0) is 42.3 Å². The third-order valence-corrected chi connectivity index (χ3v) is 3.36. The third-order valence-electron chi connectivity index (χ3n) is 3.36. The van der Waals surface area contributed by atoms with E-state index in [1.165, 1.54) is 36.4 Å². The molecule has 2 rings (SSSR count). The Morgan fingerprint density at radius 3 is 2.32 bits per heavy atom. The van der Waals surface area contributed by atoms with Crippen LogP contribution in [0, 0.1) is 5.82 Å². The van der Waals surface area contributed by atoms with Crippen LogP contribution in [0.25, 0.3) is 0 Å². The van der Waals surface area contributed by atoms with Crippen LogP contribution in [0.2, 0.25) is 0 Å². The SMILES string of the molecule is CCOc1ccc(CN=C(N)NCc2ccc(OC(F)(F)F)cc2)cc1F.I. The predicted octanol–water partition coefficient (Wildman–Crippen LogP) is 4.35. The average Bonchev–Trinajstić information content (AvgIpc) is 2.60. The molecule has 0 spiro atoms. The summed E-state index contributed by atoms with van der Waals surface area (Å²) in [6.07, 6.45) is -4.73. The van der Waals surface area contributed by atoms with Gasteiger partial charge in [-0.25, -0.2) is 9.38 Å². The molecule has 0 aliphatic rings. The minimum absolute atomic E-state index is 0. The van der Waals surface area contributed by atoms with Crippen LogP contribution in [0.5, 0.6) is 11.5 Å². The number of hydrogen-bond acceptors (Lipinski definition) is 3. The quantitative estimate of drug-likeness (QED) is 0.250. The van der Waals surface area contributed by atoms with Gasteiger partial charge in [0.15, 0.2) is 17.5 Å². The van der Waals surface area contributed by atoms with Gasteiger partial charge >= 0.3 is 6.36 Å².